The van der Waals surface area contributed by atoms with Crippen LogP contribution in [0.3, 0.4) is 0 Å². The van der Waals surface area contributed by atoms with E-state index in [2.05, 4.69) is 41.5 Å². The quantitative estimate of drug-likeness (QED) is 0.515. The summed E-state index contributed by atoms with van der Waals surface area (Å²) in [5.74, 6) is 0. The fourth-order valence-electron chi connectivity index (χ4n) is 2.26. The van der Waals surface area contributed by atoms with Crippen LogP contribution in [0.1, 0.15) is 41.5 Å². The molecular formula is C12H30Au. The Balaban J connectivity index is 5.51. The minimum atomic E-state index is -2.41. The first-order valence-corrected chi connectivity index (χ1v) is 14.7. The molecule has 1 heteroatoms. The molecule has 13 heavy (non-hydrogen) atoms. The first-order valence-electron chi connectivity index (χ1n) is 5.52. The van der Waals surface area contributed by atoms with Crippen LogP contribution in [0.25, 0.3) is 0 Å². The molecule has 0 aliphatic carbocycles. The molecule has 0 saturated heterocycles. The second-order valence-corrected chi connectivity index (χ2v) is 29.0. The van der Waals surface area contributed by atoms with Crippen LogP contribution in [0.5, 0.6) is 0 Å². The van der Waals surface area contributed by atoms with Crippen molar-refractivity contribution in [3.05, 3.63) is 0 Å². The number of hydrogen-bond acceptors (Lipinski definition) is 0. The molecule has 0 N–H and O–H groups in total. The van der Waals surface area contributed by atoms with Gasteiger partial charge in [0.05, 0.1) is 0 Å². The van der Waals surface area contributed by atoms with Crippen LogP contribution >= 0.6 is 0 Å². The van der Waals surface area contributed by atoms with Crippen molar-refractivity contribution in [3.63, 3.8) is 0 Å². The summed E-state index contributed by atoms with van der Waals surface area (Å²) >= 11 is -2.41. The van der Waals surface area contributed by atoms with Gasteiger partial charge in [0.25, 0.3) is 0 Å². The molecule has 0 bridgehead atoms. The van der Waals surface area contributed by atoms with Gasteiger partial charge in [-0.05, 0) is 0 Å². The average molecular weight is 371 g/mol. The van der Waals surface area contributed by atoms with Gasteiger partial charge in [-0.25, -0.2) is 0 Å². The SMILES string of the molecule is C[CH2][Au]([CH2]C)([CH2]C)([CH2]C)([CH2]C)[CH2]C. The van der Waals surface area contributed by atoms with Gasteiger partial charge in [0.15, 0.2) is 0 Å². The Labute approximate surface area is 83.8 Å². The molecule has 0 fully saturated rings. The van der Waals surface area contributed by atoms with Crippen molar-refractivity contribution in [1.29, 1.82) is 0 Å². The van der Waals surface area contributed by atoms with Gasteiger partial charge >= 0.3 is 83.9 Å². The molecule has 89 valence electrons. The molecule has 0 atom stereocenters. The van der Waals surface area contributed by atoms with Crippen molar-refractivity contribution in [1.82, 2.24) is 0 Å². The van der Waals surface area contributed by atoms with E-state index in [1.54, 1.807) is 0 Å². The van der Waals surface area contributed by atoms with E-state index >= 15 is 0 Å². The van der Waals surface area contributed by atoms with Gasteiger partial charge in [0.1, 0.15) is 0 Å². The van der Waals surface area contributed by atoms with E-state index in [1.807, 2.05) is 0 Å². The summed E-state index contributed by atoms with van der Waals surface area (Å²) in [6, 6.07) is 0. The van der Waals surface area contributed by atoms with Gasteiger partial charge in [-0.3, -0.25) is 0 Å². The molecular weight excluding hydrogens is 341 g/mol. The van der Waals surface area contributed by atoms with Crippen molar-refractivity contribution in [2.75, 3.05) is 0 Å². The van der Waals surface area contributed by atoms with Crippen molar-refractivity contribution in [3.8, 4) is 0 Å². The summed E-state index contributed by atoms with van der Waals surface area (Å²) in [5, 5.41) is 0. The predicted octanol–water partition coefficient (Wildman–Crippen LogP) is 5.84. The number of rotatable bonds is 6. The molecule has 0 nitrogen and oxygen atoms in total. The molecule has 0 aliphatic heterocycles. The summed E-state index contributed by atoms with van der Waals surface area (Å²) in [5.41, 5.74) is 0. The Hall–Kier alpha value is 0.740. The van der Waals surface area contributed by atoms with E-state index in [0.29, 0.717) is 0 Å². The standard InChI is InChI=1S/6C2H5.Au/c6*1-2;/h6*1H2,2H3;. The Morgan fingerprint density at radius 2 is 0.615 bits per heavy atom. The molecule has 0 aromatic rings. The Morgan fingerprint density at radius 3 is 0.615 bits per heavy atom. The second kappa shape index (κ2) is 3.72. The maximum atomic E-state index is 2.46. The van der Waals surface area contributed by atoms with Crippen molar-refractivity contribution >= 4 is 0 Å². The molecule has 0 spiro atoms. The molecule has 0 unspecified atom stereocenters. The molecule has 0 saturated carbocycles. The molecule has 0 aromatic heterocycles. The third-order valence-electron chi connectivity index (χ3n) is 4.52. The summed E-state index contributed by atoms with van der Waals surface area (Å²) in [6.07, 6.45) is 0. The average Bonchev–Trinajstić information content (AvgIpc) is 2.26. The zero-order valence-electron chi connectivity index (χ0n) is 10.5. The molecule has 0 amide bonds. The zero-order valence-corrected chi connectivity index (χ0v) is 12.7. The third-order valence-corrected chi connectivity index (χ3v) is 37.0. The molecule has 0 rings (SSSR count). The summed E-state index contributed by atoms with van der Waals surface area (Å²) in [7, 11) is 0. The Kier molecular flexibility index (Phi) is 3.93. The Bertz CT molecular complexity index is 115. The fourth-order valence-corrected chi connectivity index (χ4v) is 18.5. The van der Waals surface area contributed by atoms with Gasteiger partial charge in [-0.1, -0.05) is 0 Å². The van der Waals surface area contributed by atoms with E-state index < -0.39 is 14.5 Å². The third kappa shape index (κ3) is 1.56. The summed E-state index contributed by atoms with van der Waals surface area (Å²) in [4.78, 5) is 0. The van der Waals surface area contributed by atoms with Crippen LogP contribution in [0.15, 0.2) is 0 Å². The first-order chi connectivity index (χ1) is 5.97. The van der Waals surface area contributed by atoms with Crippen LogP contribution < -0.4 is 0 Å². The van der Waals surface area contributed by atoms with Gasteiger partial charge in [-0.15, -0.1) is 0 Å². The van der Waals surface area contributed by atoms with Crippen molar-refractivity contribution in [2.45, 2.75) is 69.4 Å². The normalized spacial score (nSPS) is 18.0. The predicted molar refractivity (Wildman–Crippen MR) is 62.9 cm³/mol. The van der Waals surface area contributed by atoms with Crippen LogP contribution in [0.2, 0.25) is 27.8 Å². The fraction of sp³-hybridized carbons (Fsp3) is 1.00. The van der Waals surface area contributed by atoms with Gasteiger partial charge in [0, 0.05) is 0 Å². The zero-order chi connectivity index (χ0) is 10.7. The van der Waals surface area contributed by atoms with Crippen LogP contribution in [-0.2, 0) is 14.5 Å². The van der Waals surface area contributed by atoms with Gasteiger partial charge in [0.2, 0.25) is 0 Å². The van der Waals surface area contributed by atoms with Crippen molar-refractivity contribution in [2.24, 2.45) is 0 Å². The van der Waals surface area contributed by atoms with Crippen LogP contribution in [0, 0.1) is 0 Å². The maximum absolute atomic E-state index is 2.46. The first kappa shape index (κ1) is 13.7. The van der Waals surface area contributed by atoms with Gasteiger partial charge in [-0.2, -0.15) is 0 Å². The van der Waals surface area contributed by atoms with E-state index in [0.717, 1.165) is 0 Å². The van der Waals surface area contributed by atoms with Gasteiger partial charge < -0.3 is 0 Å². The summed E-state index contributed by atoms with van der Waals surface area (Å²) in [6.45, 7) is 14.8. The van der Waals surface area contributed by atoms with E-state index in [-0.39, 0.29) is 0 Å². The number of hydrogen-bond donors (Lipinski definition) is 0. The minimum absolute atomic E-state index is 1.50. The Morgan fingerprint density at radius 1 is 0.462 bits per heavy atom. The monoisotopic (exact) mass is 371 g/mol. The van der Waals surface area contributed by atoms with E-state index in [1.165, 1.54) is 27.8 Å². The molecule has 0 aliphatic rings. The van der Waals surface area contributed by atoms with E-state index in [4.69, 9.17) is 0 Å². The second-order valence-electron chi connectivity index (χ2n) is 3.54. The summed E-state index contributed by atoms with van der Waals surface area (Å²) < 4.78 is 9.01. The van der Waals surface area contributed by atoms with E-state index in [9.17, 15) is 0 Å². The molecule has 0 aromatic carbocycles. The van der Waals surface area contributed by atoms with Crippen LogP contribution in [0.4, 0.5) is 0 Å². The topological polar surface area (TPSA) is 0 Å². The van der Waals surface area contributed by atoms with Crippen LogP contribution in [-0.4, -0.2) is 0 Å². The molecule has 0 radical (unpaired) electrons. The van der Waals surface area contributed by atoms with Crippen molar-refractivity contribution < 1.29 is 14.5 Å². The molecule has 0 heterocycles.